The molecule has 0 unspecified atom stereocenters. The standard InChI is InChI=1S/C23H24N6O/c1-17-24-26-23(27-25-17)29(18(2)30)13-12-21-16-28(14-19-8-4-3-5-9-19)15-20-10-6-7-11-22(20)21/h3-11,16H,12-15H2,1-2H3. The van der Waals surface area contributed by atoms with Crippen molar-refractivity contribution in [2.75, 3.05) is 11.4 Å². The summed E-state index contributed by atoms with van der Waals surface area (Å²) in [6.07, 6.45) is 2.89. The van der Waals surface area contributed by atoms with Crippen molar-refractivity contribution in [3.63, 3.8) is 0 Å². The molecular weight excluding hydrogens is 376 g/mol. The smallest absolute Gasteiger partial charge is 0.271 e. The number of aryl methyl sites for hydroxylation is 1. The summed E-state index contributed by atoms with van der Waals surface area (Å²) < 4.78 is 0. The molecule has 0 spiro atoms. The quantitative estimate of drug-likeness (QED) is 0.631. The third kappa shape index (κ3) is 4.51. The van der Waals surface area contributed by atoms with Gasteiger partial charge in [0.05, 0.1) is 0 Å². The Balaban J connectivity index is 1.56. The molecule has 0 bridgehead atoms. The van der Waals surface area contributed by atoms with Crippen LogP contribution in [0.3, 0.4) is 0 Å². The molecule has 1 aliphatic heterocycles. The number of anilines is 1. The van der Waals surface area contributed by atoms with Crippen molar-refractivity contribution < 1.29 is 4.79 Å². The summed E-state index contributed by atoms with van der Waals surface area (Å²) in [6, 6.07) is 18.9. The van der Waals surface area contributed by atoms with E-state index in [0.717, 1.165) is 13.1 Å². The molecule has 7 heteroatoms. The van der Waals surface area contributed by atoms with Crippen molar-refractivity contribution in [2.24, 2.45) is 0 Å². The van der Waals surface area contributed by atoms with Crippen LogP contribution in [0, 0.1) is 6.92 Å². The average molecular weight is 400 g/mol. The molecular formula is C23H24N6O. The monoisotopic (exact) mass is 400 g/mol. The predicted octanol–water partition coefficient (Wildman–Crippen LogP) is 3.37. The molecule has 0 saturated carbocycles. The van der Waals surface area contributed by atoms with Crippen molar-refractivity contribution in [2.45, 2.75) is 33.4 Å². The van der Waals surface area contributed by atoms with Crippen molar-refractivity contribution >= 4 is 17.4 Å². The zero-order valence-electron chi connectivity index (χ0n) is 17.2. The molecule has 0 saturated heterocycles. The molecule has 2 aromatic carbocycles. The van der Waals surface area contributed by atoms with E-state index in [9.17, 15) is 4.79 Å². The number of hydrogen-bond acceptors (Lipinski definition) is 6. The summed E-state index contributed by atoms with van der Waals surface area (Å²) in [7, 11) is 0. The van der Waals surface area contributed by atoms with E-state index in [-0.39, 0.29) is 11.9 Å². The number of fused-ring (bicyclic) bond motifs is 1. The van der Waals surface area contributed by atoms with Gasteiger partial charge in [0.25, 0.3) is 5.95 Å². The molecule has 1 aromatic heterocycles. The second kappa shape index (κ2) is 8.82. The maximum atomic E-state index is 12.2. The van der Waals surface area contributed by atoms with E-state index in [1.54, 1.807) is 6.92 Å². The molecule has 30 heavy (non-hydrogen) atoms. The van der Waals surface area contributed by atoms with E-state index < -0.39 is 0 Å². The minimum Gasteiger partial charge on any atom is -0.368 e. The Bertz CT molecular complexity index is 1050. The van der Waals surface area contributed by atoms with Gasteiger partial charge in [-0.05, 0) is 35.6 Å². The van der Waals surface area contributed by atoms with E-state index in [2.05, 4.69) is 80.0 Å². The zero-order chi connectivity index (χ0) is 20.9. The lowest BCUT2D eigenvalue weighted by atomic mass is 9.94. The molecule has 7 nitrogen and oxygen atoms in total. The zero-order valence-corrected chi connectivity index (χ0v) is 17.2. The van der Waals surface area contributed by atoms with E-state index >= 15 is 0 Å². The Morgan fingerprint density at radius 3 is 2.43 bits per heavy atom. The minimum atomic E-state index is -0.131. The molecule has 4 rings (SSSR count). The Hall–Kier alpha value is -3.61. The summed E-state index contributed by atoms with van der Waals surface area (Å²) in [6.45, 7) is 5.38. The highest BCUT2D eigenvalue weighted by molar-refractivity contribution is 5.89. The summed E-state index contributed by atoms with van der Waals surface area (Å²) in [5.74, 6) is 0.579. The van der Waals surface area contributed by atoms with E-state index in [1.165, 1.54) is 34.1 Å². The molecule has 1 amide bonds. The lowest BCUT2D eigenvalue weighted by molar-refractivity contribution is -0.116. The molecule has 0 fully saturated rings. The first-order valence-corrected chi connectivity index (χ1v) is 9.99. The van der Waals surface area contributed by atoms with E-state index in [4.69, 9.17) is 0 Å². The van der Waals surface area contributed by atoms with Crippen LogP contribution < -0.4 is 4.90 Å². The summed E-state index contributed by atoms with van der Waals surface area (Å²) >= 11 is 0. The Labute approximate surface area is 176 Å². The molecule has 0 aliphatic carbocycles. The van der Waals surface area contributed by atoms with Gasteiger partial charge in [-0.25, -0.2) is 0 Å². The van der Waals surface area contributed by atoms with Crippen LogP contribution in [-0.2, 0) is 17.9 Å². The first kappa shape index (κ1) is 19.7. The highest BCUT2D eigenvalue weighted by atomic mass is 16.2. The van der Waals surface area contributed by atoms with Crippen LogP contribution in [0.4, 0.5) is 5.95 Å². The van der Waals surface area contributed by atoms with Crippen LogP contribution in [0.5, 0.6) is 0 Å². The van der Waals surface area contributed by atoms with E-state index in [1.807, 2.05) is 6.07 Å². The van der Waals surface area contributed by atoms with Gasteiger partial charge in [0.15, 0.2) is 5.82 Å². The van der Waals surface area contributed by atoms with Gasteiger partial charge in [-0.2, -0.15) is 0 Å². The van der Waals surface area contributed by atoms with Crippen molar-refractivity contribution in [3.8, 4) is 0 Å². The number of rotatable bonds is 6. The number of benzene rings is 2. The molecule has 0 N–H and O–H groups in total. The molecule has 3 aromatic rings. The third-order valence-corrected chi connectivity index (χ3v) is 5.10. The van der Waals surface area contributed by atoms with Crippen LogP contribution >= 0.6 is 0 Å². The lowest BCUT2D eigenvalue weighted by Crippen LogP contribution is -2.32. The van der Waals surface area contributed by atoms with Crippen molar-refractivity contribution in [3.05, 3.63) is 83.3 Å². The maximum absolute atomic E-state index is 12.2. The van der Waals surface area contributed by atoms with E-state index in [0.29, 0.717) is 18.8 Å². The third-order valence-electron chi connectivity index (χ3n) is 5.10. The first-order chi connectivity index (χ1) is 14.6. The van der Waals surface area contributed by atoms with Gasteiger partial charge in [-0.1, -0.05) is 54.6 Å². The van der Waals surface area contributed by atoms with Crippen LogP contribution in [0.2, 0.25) is 0 Å². The van der Waals surface area contributed by atoms with Gasteiger partial charge >= 0.3 is 0 Å². The molecule has 1 aliphatic rings. The number of amides is 1. The van der Waals surface area contributed by atoms with Gasteiger partial charge < -0.3 is 4.90 Å². The lowest BCUT2D eigenvalue weighted by Gasteiger charge is -2.30. The van der Waals surface area contributed by atoms with Crippen molar-refractivity contribution in [1.29, 1.82) is 0 Å². The van der Waals surface area contributed by atoms with Gasteiger partial charge in [-0.15, -0.1) is 20.4 Å². The summed E-state index contributed by atoms with van der Waals surface area (Å²) in [5.41, 5.74) is 4.97. The molecule has 0 radical (unpaired) electrons. The predicted molar refractivity (Wildman–Crippen MR) is 115 cm³/mol. The Kier molecular flexibility index (Phi) is 5.79. The largest absolute Gasteiger partial charge is 0.368 e. The normalized spacial score (nSPS) is 12.9. The Morgan fingerprint density at radius 1 is 1.00 bits per heavy atom. The van der Waals surface area contributed by atoms with Crippen molar-refractivity contribution in [1.82, 2.24) is 25.3 Å². The number of hydrogen-bond donors (Lipinski definition) is 0. The number of nitrogens with zero attached hydrogens (tertiary/aromatic N) is 6. The molecule has 2 heterocycles. The highest BCUT2D eigenvalue weighted by Crippen LogP contribution is 2.30. The fourth-order valence-corrected chi connectivity index (χ4v) is 3.66. The first-order valence-electron chi connectivity index (χ1n) is 9.99. The average Bonchev–Trinajstić information content (AvgIpc) is 2.75. The number of carbonyl (C=O) groups excluding carboxylic acids is 1. The Morgan fingerprint density at radius 2 is 1.70 bits per heavy atom. The number of aromatic nitrogens is 4. The SMILES string of the molecule is CC(=O)N(CCC1=CN(Cc2ccccc2)Cc2ccccc21)c1nnc(C)nn1. The van der Waals surface area contributed by atoms with Crippen LogP contribution in [0.15, 0.2) is 60.8 Å². The van der Waals surface area contributed by atoms with Gasteiger partial charge in [-0.3, -0.25) is 9.69 Å². The van der Waals surface area contributed by atoms with Gasteiger partial charge in [0, 0.05) is 32.8 Å². The molecule has 152 valence electrons. The summed E-state index contributed by atoms with van der Waals surface area (Å²) in [5, 5.41) is 15.9. The molecule has 0 atom stereocenters. The summed E-state index contributed by atoms with van der Waals surface area (Å²) in [4.78, 5) is 16.1. The van der Waals surface area contributed by atoms with Gasteiger partial charge in [0.1, 0.15) is 0 Å². The van der Waals surface area contributed by atoms with Crippen LogP contribution in [-0.4, -0.2) is 37.7 Å². The van der Waals surface area contributed by atoms with Crippen LogP contribution in [0.25, 0.3) is 5.57 Å². The fraction of sp³-hybridized carbons (Fsp3) is 0.261. The minimum absolute atomic E-state index is 0.131. The van der Waals surface area contributed by atoms with Gasteiger partial charge in [0.2, 0.25) is 5.91 Å². The second-order valence-electron chi connectivity index (χ2n) is 7.37. The second-order valence-corrected chi connectivity index (χ2v) is 7.37. The number of carbonyl (C=O) groups is 1. The fourth-order valence-electron chi connectivity index (χ4n) is 3.66. The maximum Gasteiger partial charge on any atom is 0.271 e. The van der Waals surface area contributed by atoms with Crippen LogP contribution in [0.1, 0.15) is 35.9 Å². The highest BCUT2D eigenvalue weighted by Gasteiger charge is 2.20. The topological polar surface area (TPSA) is 75.1 Å².